The third-order valence-electron chi connectivity index (χ3n) is 2.46. The summed E-state index contributed by atoms with van der Waals surface area (Å²) in [5, 5.41) is 12.7. The normalized spacial score (nSPS) is 15.3. The molecule has 0 radical (unpaired) electrons. The van der Waals surface area contributed by atoms with Gasteiger partial charge in [0.25, 0.3) is 0 Å². The van der Waals surface area contributed by atoms with Gasteiger partial charge in [-0.25, -0.2) is 0 Å². The smallest absolute Gasteiger partial charge is 0.0636 e. The Morgan fingerprint density at radius 1 is 1.13 bits per heavy atom. The highest BCUT2D eigenvalue weighted by molar-refractivity contribution is 5.19. The van der Waals surface area contributed by atoms with Crippen molar-refractivity contribution in [2.45, 2.75) is 32.9 Å². The van der Waals surface area contributed by atoms with Gasteiger partial charge in [-0.2, -0.15) is 0 Å². The zero-order valence-corrected chi connectivity index (χ0v) is 9.77. The van der Waals surface area contributed by atoms with Gasteiger partial charge in [0.2, 0.25) is 0 Å². The van der Waals surface area contributed by atoms with E-state index in [0.717, 1.165) is 0 Å². The van der Waals surface area contributed by atoms with Gasteiger partial charge >= 0.3 is 0 Å². The fourth-order valence-electron chi connectivity index (χ4n) is 1.70. The molecular weight excluding hydrogens is 186 g/mol. The van der Waals surface area contributed by atoms with Gasteiger partial charge in [0.15, 0.2) is 0 Å². The molecule has 0 aromatic heterocycles. The van der Waals surface area contributed by atoms with E-state index in [-0.39, 0.29) is 6.10 Å². The Balaban J connectivity index is 2.66. The van der Waals surface area contributed by atoms with Gasteiger partial charge < -0.3 is 10.4 Å². The quantitative estimate of drug-likeness (QED) is 0.777. The molecule has 15 heavy (non-hydrogen) atoms. The average Bonchev–Trinajstić information content (AvgIpc) is 2.18. The lowest BCUT2D eigenvalue weighted by Gasteiger charge is -2.23. The first kappa shape index (κ1) is 12.2. The largest absolute Gasteiger partial charge is 0.392 e. The van der Waals surface area contributed by atoms with Crippen molar-refractivity contribution in [1.29, 1.82) is 0 Å². The molecule has 0 spiro atoms. The van der Waals surface area contributed by atoms with E-state index in [1.165, 1.54) is 5.56 Å². The molecule has 2 N–H and O–H groups in total. The topological polar surface area (TPSA) is 32.3 Å². The fraction of sp³-hybridized carbons (Fsp3) is 0.538. The van der Waals surface area contributed by atoms with E-state index in [1.54, 1.807) is 6.92 Å². The number of nitrogens with one attached hydrogen (secondary N) is 1. The van der Waals surface area contributed by atoms with Crippen LogP contribution in [0.5, 0.6) is 0 Å². The first-order valence-corrected chi connectivity index (χ1v) is 5.57. The van der Waals surface area contributed by atoms with Crippen LogP contribution in [0, 0.1) is 5.92 Å². The maximum Gasteiger partial charge on any atom is 0.0636 e. The van der Waals surface area contributed by atoms with Crippen molar-refractivity contribution in [3.05, 3.63) is 35.9 Å². The van der Waals surface area contributed by atoms with E-state index >= 15 is 0 Å². The van der Waals surface area contributed by atoms with Crippen molar-refractivity contribution in [3.63, 3.8) is 0 Å². The van der Waals surface area contributed by atoms with Crippen LogP contribution in [0.3, 0.4) is 0 Å². The van der Waals surface area contributed by atoms with E-state index in [1.807, 2.05) is 6.07 Å². The van der Waals surface area contributed by atoms with Crippen molar-refractivity contribution >= 4 is 0 Å². The molecule has 0 aliphatic heterocycles. The monoisotopic (exact) mass is 207 g/mol. The lowest BCUT2D eigenvalue weighted by molar-refractivity contribution is 0.181. The zero-order valence-electron chi connectivity index (χ0n) is 9.77. The van der Waals surface area contributed by atoms with Gasteiger partial charge in [-0.3, -0.25) is 0 Å². The summed E-state index contributed by atoms with van der Waals surface area (Å²) >= 11 is 0. The Morgan fingerprint density at radius 2 is 1.73 bits per heavy atom. The molecule has 2 nitrogen and oxygen atoms in total. The van der Waals surface area contributed by atoms with E-state index in [0.29, 0.717) is 18.5 Å². The second kappa shape index (κ2) is 5.89. The molecule has 0 heterocycles. The Hall–Kier alpha value is -0.860. The average molecular weight is 207 g/mol. The van der Waals surface area contributed by atoms with Crippen LogP contribution in [0.15, 0.2) is 30.3 Å². The standard InChI is InChI=1S/C13H21NO/c1-10(2)13(14-9-11(3)15)12-7-5-4-6-8-12/h4-8,10-11,13-15H,9H2,1-3H3. The third-order valence-corrected chi connectivity index (χ3v) is 2.46. The van der Waals surface area contributed by atoms with E-state index in [2.05, 4.69) is 43.4 Å². The maximum atomic E-state index is 9.27. The lowest BCUT2D eigenvalue weighted by atomic mass is 9.96. The predicted octanol–water partition coefficient (Wildman–Crippen LogP) is 2.35. The highest BCUT2D eigenvalue weighted by Crippen LogP contribution is 2.20. The van der Waals surface area contributed by atoms with Crippen molar-refractivity contribution < 1.29 is 5.11 Å². The van der Waals surface area contributed by atoms with Crippen LogP contribution in [0.4, 0.5) is 0 Å². The number of rotatable bonds is 5. The minimum absolute atomic E-state index is 0.296. The van der Waals surface area contributed by atoms with Gasteiger partial charge in [-0.1, -0.05) is 44.2 Å². The summed E-state index contributed by atoms with van der Waals surface area (Å²) < 4.78 is 0. The minimum atomic E-state index is -0.296. The Morgan fingerprint density at radius 3 is 2.20 bits per heavy atom. The number of hydrogen-bond acceptors (Lipinski definition) is 2. The second-order valence-electron chi connectivity index (χ2n) is 4.39. The molecule has 0 fully saturated rings. The van der Waals surface area contributed by atoms with Crippen LogP contribution in [0.2, 0.25) is 0 Å². The molecule has 0 aliphatic rings. The van der Waals surface area contributed by atoms with E-state index in [9.17, 15) is 5.11 Å². The summed E-state index contributed by atoms with van der Waals surface area (Å²) in [4.78, 5) is 0. The molecule has 84 valence electrons. The molecule has 2 unspecified atom stereocenters. The summed E-state index contributed by atoms with van der Waals surface area (Å²) in [5.74, 6) is 0.520. The molecule has 2 heteroatoms. The highest BCUT2D eigenvalue weighted by Gasteiger charge is 2.14. The first-order chi connectivity index (χ1) is 7.11. The molecule has 0 saturated heterocycles. The Kier molecular flexibility index (Phi) is 4.79. The number of hydrogen-bond donors (Lipinski definition) is 2. The summed E-state index contributed by atoms with van der Waals surface area (Å²) in [6, 6.07) is 10.7. The van der Waals surface area contributed by atoms with Crippen LogP contribution >= 0.6 is 0 Å². The maximum absolute atomic E-state index is 9.27. The summed E-state index contributed by atoms with van der Waals surface area (Å²) in [7, 11) is 0. The lowest BCUT2D eigenvalue weighted by Crippen LogP contribution is -2.31. The Labute approximate surface area is 92.3 Å². The van der Waals surface area contributed by atoms with Gasteiger partial charge in [0.1, 0.15) is 0 Å². The molecule has 0 amide bonds. The van der Waals surface area contributed by atoms with Crippen LogP contribution < -0.4 is 5.32 Å². The first-order valence-electron chi connectivity index (χ1n) is 5.57. The molecule has 0 aliphatic carbocycles. The third kappa shape index (κ3) is 4.02. The van der Waals surface area contributed by atoms with E-state index in [4.69, 9.17) is 0 Å². The number of benzene rings is 1. The van der Waals surface area contributed by atoms with Gasteiger partial charge in [0, 0.05) is 12.6 Å². The highest BCUT2D eigenvalue weighted by atomic mass is 16.3. The zero-order chi connectivity index (χ0) is 11.3. The Bertz CT molecular complexity index is 269. The van der Waals surface area contributed by atoms with Crippen molar-refractivity contribution in [1.82, 2.24) is 5.32 Å². The van der Waals surface area contributed by atoms with Gasteiger partial charge in [-0.05, 0) is 18.4 Å². The van der Waals surface area contributed by atoms with Crippen molar-refractivity contribution in [2.75, 3.05) is 6.54 Å². The molecule has 0 saturated carbocycles. The molecular formula is C13H21NO. The van der Waals surface area contributed by atoms with Gasteiger partial charge in [-0.15, -0.1) is 0 Å². The van der Waals surface area contributed by atoms with Crippen molar-refractivity contribution in [3.8, 4) is 0 Å². The summed E-state index contributed by atoms with van der Waals surface area (Å²) in [6.07, 6.45) is -0.296. The molecule has 2 atom stereocenters. The summed E-state index contributed by atoms with van der Waals surface area (Å²) in [6.45, 7) is 6.81. The SMILES string of the molecule is CC(O)CNC(c1ccccc1)C(C)C. The molecule has 1 rings (SSSR count). The van der Waals surface area contributed by atoms with Crippen LogP contribution in [0.25, 0.3) is 0 Å². The molecule has 1 aromatic carbocycles. The second-order valence-corrected chi connectivity index (χ2v) is 4.39. The van der Waals surface area contributed by atoms with Crippen LogP contribution in [-0.4, -0.2) is 17.8 Å². The van der Waals surface area contributed by atoms with Crippen LogP contribution in [0.1, 0.15) is 32.4 Å². The predicted molar refractivity (Wildman–Crippen MR) is 63.7 cm³/mol. The van der Waals surface area contributed by atoms with Crippen molar-refractivity contribution in [2.24, 2.45) is 5.92 Å². The number of aliphatic hydroxyl groups is 1. The molecule has 0 bridgehead atoms. The van der Waals surface area contributed by atoms with Crippen LogP contribution in [-0.2, 0) is 0 Å². The minimum Gasteiger partial charge on any atom is -0.392 e. The molecule has 1 aromatic rings. The van der Waals surface area contributed by atoms with E-state index < -0.39 is 0 Å². The summed E-state index contributed by atoms with van der Waals surface area (Å²) in [5.41, 5.74) is 1.29. The number of aliphatic hydroxyl groups excluding tert-OH is 1. The fourth-order valence-corrected chi connectivity index (χ4v) is 1.70. The van der Waals surface area contributed by atoms with Gasteiger partial charge in [0.05, 0.1) is 6.10 Å².